The predicted molar refractivity (Wildman–Crippen MR) is 134 cm³/mol. The number of hydrogen-bond donors (Lipinski definition) is 4. The van der Waals surface area contributed by atoms with E-state index >= 15 is 0 Å². The van der Waals surface area contributed by atoms with E-state index in [1.54, 1.807) is 84.9 Å². The van der Waals surface area contributed by atoms with Crippen LogP contribution in [-0.2, 0) is 0 Å². The molecule has 7 nitrogen and oxygen atoms in total. The van der Waals surface area contributed by atoms with Crippen molar-refractivity contribution in [3.05, 3.63) is 120 Å². The topological polar surface area (TPSA) is 99.3 Å². The Balaban J connectivity index is 1.34. The summed E-state index contributed by atoms with van der Waals surface area (Å²) in [4.78, 5) is 37.1. The lowest BCUT2D eigenvalue weighted by Gasteiger charge is -2.10. The lowest BCUT2D eigenvalue weighted by molar-refractivity contribution is 0.102. The van der Waals surface area contributed by atoms with Gasteiger partial charge in [0.05, 0.1) is 0 Å². The number of rotatable bonds is 6. The van der Waals surface area contributed by atoms with Crippen LogP contribution in [0.25, 0.3) is 0 Å². The molecule has 7 heteroatoms. The van der Waals surface area contributed by atoms with Crippen molar-refractivity contribution in [3.8, 4) is 0 Å². The molecule has 0 fully saturated rings. The Bertz CT molecular complexity index is 1290. The molecule has 0 radical (unpaired) electrons. The number of carbonyl (C=O) groups excluding carboxylic acids is 3. The third kappa shape index (κ3) is 6.08. The zero-order valence-electron chi connectivity index (χ0n) is 18.1. The molecule has 0 atom stereocenters. The fraction of sp³-hybridized carbons (Fsp3) is 0. The zero-order chi connectivity index (χ0) is 23.8. The highest BCUT2D eigenvalue weighted by Crippen LogP contribution is 2.18. The second-order valence-electron chi connectivity index (χ2n) is 7.38. The van der Waals surface area contributed by atoms with E-state index in [9.17, 15) is 14.4 Å². The number of nitrogens with one attached hydrogen (secondary N) is 4. The molecule has 0 spiro atoms. The van der Waals surface area contributed by atoms with Crippen LogP contribution in [0.15, 0.2) is 109 Å². The van der Waals surface area contributed by atoms with Crippen LogP contribution in [0.5, 0.6) is 0 Å². The van der Waals surface area contributed by atoms with Crippen molar-refractivity contribution in [2.45, 2.75) is 0 Å². The second-order valence-corrected chi connectivity index (χ2v) is 7.38. The summed E-state index contributed by atoms with van der Waals surface area (Å²) in [5.74, 6) is -0.537. The number of para-hydroxylation sites is 1. The Labute approximate surface area is 196 Å². The zero-order valence-corrected chi connectivity index (χ0v) is 18.1. The minimum absolute atomic E-state index is 0.224. The monoisotopic (exact) mass is 450 g/mol. The van der Waals surface area contributed by atoms with Crippen molar-refractivity contribution in [2.24, 2.45) is 0 Å². The summed E-state index contributed by atoms with van der Waals surface area (Å²) in [6.45, 7) is 0. The maximum Gasteiger partial charge on any atom is 0.323 e. The first-order valence-corrected chi connectivity index (χ1v) is 10.6. The van der Waals surface area contributed by atoms with E-state index in [2.05, 4.69) is 21.3 Å². The standard InChI is InChI=1S/C27H22N4O3/c32-25(19-8-3-1-4-9-19)28-22-16-14-20(15-17-22)26(33)29-23-12-7-13-24(18-23)31-27(34)30-21-10-5-2-6-11-21/h1-18H,(H,28,32)(H,29,33)(H2,30,31,34). The van der Waals surface area contributed by atoms with Crippen molar-refractivity contribution in [1.29, 1.82) is 0 Å². The number of anilines is 4. The molecule has 0 aliphatic rings. The first kappa shape index (κ1) is 22.3. The van der Waals surface area contributed by atoms with Gasteiger partial charge in [-0.05, 0) is 66.7 Å². The van der Waals surface area contributed by atoms with E-state index in [0.29, 0.717) is 33.9 Å². The summed E-state index contributed by atoms with van der Waals surface area (Å²) in [7, 11) is 0. The van der Waals surface area contributed by atoms with Gasteiger partial charge in [0, 0.05) is 33.9 Å². The molecule has 4 N–H and O–H groups in total. The van der Waals surface area contributed by atoms with E-state index in [-0.39, 0.29) is 17.8 Å². The number of amides is 4. The van der Waals surface area contributed by atoms with Crippen LogP contribution in [0.1, 0.15) is 20.7 Å². The van der Waals surface area contributed by atoms with Crippen molar-refractivity contribution >= 4 is 40.6 Å². The van der Waals surface area contributed by atoms with E-state index in [0.717, 1.165) is 0 Å². The highest BCUT2D eigenvalue weighted by molar-refractivity contribution is 6.06. The molecule has 0 aromatic heterocycles. The Kier molecular flexibility index (Phi) is 6.95. The molecular weight excluding hydrogens is 428 g/mol. The van der Waals surface area contributed by atoms with Gasteiger partial charge in [0.25, 0.3) is 11.8 Å². The summed E-state index contributed by atoms with van der Waals surface area (Å²) in [5.41, 5.74) is 3.30. The molecule has 4 amide bonds. The second kappa shape index (κ2) is 10.6. The molecule has 0 saturated heterocycles. The normalized spacial score (nSPS) is 10.1. The number of carbonyl (C=O) groups is 3. The average molecular weight is 450 g/mol. The van der Waals surface area contributed by atoms with Gasteiger partial charge < -0.3 is 21.3 Å². The summed E-state index contributed by atoms with van der Waals surface area (Å²) < 4.78 is 0. The molecule has 34 heavy (non-hydrogen) atoms. The number of hydrogen-bond acceptors (Lipinski definition) is 3. The van der Waals surface area contributed by atoms with Crippen molar-refractivity contribution in [3.63, 3.8) is 0 Å². The van der Waals surface area contributed by atoms with Gasteiger partial charge in [-0.15, -0.1) is 0 Å². The highest BCUT2D eigenvalue weighted by atomic mass is 16.2. The lowest BCUT2D eigenvalue weighted by atomic mass is 10.1. The van der Waals surface area contributed by atoms with Crippen molar-refractivity contribution in [2.75, 3.05) is 21.3 Å². The van der Waals surface area contributed by atoms with E-state index < -0.39 is 0 Å². The molecule has 0 unspecified atom stereocenters. The first-order valence-electron chi connectivity index (χ1n) is 10.6. The van der Waals surface area contributed by atoms with Gasteiger partial charge in [0.15, 0.2) is 0 Å². The van der Waals surface area contributed by atoms with E-state index in [1.165, 1.54) is 0 Å². The predicted octanol–water partition coefficient (Wildman–Crippen LogP) is 5.84. The third-order valence-electron chi connectivity index (χ3n) is 4.85. The van der Waals surface area contributed by atoms with Gasteiger partial charge >= 0.3 is 6.03 Å². The average Bonchev–Trinajstić information content (AvgIpc) is 2.86. The minimum Gasteiger partial charge on any atom is -0.322 e. The molecule has 4 rings (SSSR count). The maximum absolute atomic E-state index is 12.6. The largest absolute Gasteiger partial charge is 0.323 e. The van der Waals surface area contributed by atoms with Crippen LogP contribution in [-0.4, -0.2) is 17.8 Å². The van der Waals surface area contributed by atoms with Crippen LogP contribution < -0.4 is 21.3 Å². The summed E-state index contributed by atoms with van der Waals surface area (Å²) in [6, 6.07) is 31.0. The van der Waals surface area contributed by atoms with Crippen LogP contribution >= 0.6 is 0 Å². The molecule has 0 bridgehead atoms. The first-order chi connectivity index (χ1) is 16.6. The van der Waals surface area contributed by atoms with E-state index in [1.807, 2.05) is 24.3 Å². The summed E-state index contributed by atoms with van der Waals surface area (Å²) in [5, 5.41) is 11.1. The highest BCUT2D eigenvalue weighted by Gasteiger charge is 2.09. The third-order valence-corrected chi connectivity index (χ3v) is 4.85. The Morgan fingerprint density at radius 1 is 0.412 bits per heavy atom. The van der Waals surface area contributed by atoms with Gasteiger partial charge in [-0.2, -0.15) is 0 Å². The summed E-state index contributed by atoms with van der Waals surface area (Å²) in [6.07, 6.45) is 0. The minimum atomic E-state index is -0.386. The van der Waals surface area contributed by atoms with E-state index in [4.69, 9.17) is 0 Å². The fourth-order valence-electron chi connectivity index (χ4n) is 3.19. The number of benzene rings is 4. The molecule has 4 aromatic carbocycles. The SMILES string of the molecule is O=C(Nc1ccccc1)Nc1cccc(NC(=O)c2ccc(NC(=O)c3ccccc3)cc2)c1. The Hall–Kier alpha value is -4.91. The molecular formula is C27H22N4O3. The van der Waals surface area contributed by atoms with Gasteiger partial charge in [0.2, 0.25) is 0 Å². The Morgan fingerprint density at radius 3 is 1.50 bits per heavy atom. The van der Waals surface area contributed by atoms with Crippen molar-refractivity contribution < 1.29 is 14.4 Å². The molecule has 0 aliphatic carbocycles. The smallest absolute Gasteiger partial charge is 0.322 e. The van der Waals surface area contributed by atoms with Gasteiger partial charge in [-0.1, -0.05) is 42.5 Å². The molecule has 0 heterocycles. The molecule has 4 aromatic rings. The summed E-state index contributed by atoms with van der Waals surface area (Å²) >= 11 is 0. The molecule has 0 aliphatic heterocycles. The maximum atomic E-state index is 12.6. The number of urea groups is 1. The van der Waals surface area contributed by atoms with Crippen LogP contribution in [0.3, 0.4) is 0 Å². The van der Waals surface area contributed by atoms with Crippen LogP contribution in [0.4, 0.5) is 27.5 Å². The molecule has 168 valence electrons. The van der Waals surface area contributed by atoms with Crippen LogP contribution in [0, 0.1) is 0 Å². The van der Waals surface area contributed by atoms with Gasteiger partial charge in [0.1, 0.15) is 0 Å². The fourth-order valence-corrected chi connectivity index (χ4v) is 3.19. The Morgan fingerprint density at radius 2 is 0.853 bits per heavy atom. The molecule has 0 saturated carbocycles. The lowest BCUT2D eigenvalue weighted by Crippen LogP contribution is -2.19. The van der Waals surface area contributed by atoms with Gasteiger partial charge in [-0.25, -0.2) is 4.79 Å². The van der Waals surface area contributed by atoms with Crippen molar-refractivity contribution in [1.82, 2.24) is 0 Å². The van der Waals surface area contributed by atoms with Crippen LogP contribution in [0.2, 0.25) is 0 Å². The quantitative estimate of drug-likeness (QED) is 0.297. The van der Waals surface area contributed by atoms with Gasteiger partial charge in [-0.3, -0.25) is 9.59 Å².